The van der Waals surface area contributed by atoms with E-state index in [1.165, 1.54) is 0 Å². The maximum Gasteiger partial charge on any atom is 0.111 e. The average Bonchev–Trinajstić information content (AvgIpc) is 3.56. The highest BCUT2D eigenvalue weighted by Crippen LogP contribution is 2.26. The van der Waals surface area contributed by atoms with Gasteiger partial charge in [-0.25, -0.2) is 0 Å². The van der Waals surface area contributed by atoms with E-state index in [1.807, 2.05) is 36.4 Å². The normalized spacial score (nSPS) is 24.5. The van der Waals surface area contributed by atoms with Crippen LogP contribution < -0.4 is 0 Å². The molecule has 0 radical (unpaired) electrons. The van der Waals surface area contributed by atoms with E-state index in [0.29, 0.717) is 0 Å². The molecule has 2 aromatic rings. The first kappa shape index (κ1) is 16.3. The van der Waals surface area contributed by atoms with Crippen LogP contribution in [0.1, 0.15) is 11.1 Å². The minimum absolute atomic E-state index is 0.0603. The summed E-state index contributed by atoms with van der Waals surface area (Å²) in [6, 6.07) is 20.5. The van der Waals surface area contributed by atoms with E-state index in [1.54, 1.807) is 0 Å². The van der Waals surface area contributed by atoms with Crippen LogP contribution in [0.15, 0.2) is 72.8 Å². The summed E-state index contributed by atoms with van der Waals surface area (Å²) in [6.07, 6.45) is 8.55. The predicted molar refractivity (Wildman–Crippen MR) is 99.1 cm³/mol. The highest BCUT2D eigenvalue weighted by molar-refractivity contribution is 5.50. The third-order valence-corrected chi connectivity index (χ3v) is 4.32. The van der Waals surface area contributed by atoms with Crippen molar-refractivity contribution in [3.8, 4) is 0 Å². The van der Waals surface area contributed by atoms with E-state index in [0.717, 1.165) is 24.3 Å². The first-order valence-electron chi connectivity index (χ1n) is 8.74. The van der Waals surface area contributed by atoms with Crippen LogP contribution in [0.2, 0.25) is 0 Å². The Balaban J connectivity index is 1.44. The van der Waals surface area contributed by atoms with Crippen LogP contribution in [0.25, 0.3) is 12.2 Å². The lowest BCUT2D eigenvalue weighted by Gasteiger charge is -2.18. The van der Waals surface area contributed by atoms with Gasteiger partial charge in [-0.1, -0.05) is 85.0 Å². The fourth-order valence-electron chi connectivity index (χ4n) is 2.73. The highest BCUT2D eigenvalue weighted by Gasteiger charge is 2.38. The largest absolute Gasteiger partial charge is 0.370 e. The maximum absolute atomic E-state index is 6.32. The molecule has 2 aliphatic heterocycles. The number of hydrogen-bond donors (Lipinski definition) is 0. The Morgan fingerprint density at radius 3 is 1.48 bits per heavy atom. The molecule has 4 atom stereocenters. The molecule has 25 heavy (non-hydrogen) atoms. The number of hydrogen-bond acceptors (Lipinski definition) is 3. The van der Waals surface area contributed by atoms with Crippen molar-refractivity contribution < 1.29 is 14.2 Å². The monoisotopic (exact) mass is 334 g/mol. The highest BCUT2D eigenvalue weighted by atomic mass is 16.6. The van der Waals surface area contributed by atoms with Gasteiger partial charge in [0, 0.05) is 0 Å². The molecule has 0 amide bonds. The molecule has 0 aromatic heterocycles. The first-order chi connectivity index (χ1) is 12.4. The molecule has 0 N–H and O–H groups in total. The Morgan fingerprint density at radius 2 is 1.12 bits per heavy atom. The maximum atomic E-state index is 6.32. The molecule has 0 bridgehead atoms. The van der Waals surface area contributed by atoms with Gasteiger partial charge in [-0.2, -0.15) is 0 Å². The zero-order chi connectivity index (χ0) is 16.9. The summed E-state index contributed by atoms with van der Waals surface area (Å²) in [5, 5.41) is 0. The Bertz CT molecular complexity index is 652. The lowest BCUT2D eigenvalue weighted by atomic mass is 10.1. The summed E-state index contributed by atoms with van der Waals surface area (Å²) < 4.78 is 17.3. The van der Waals surface area contributed by atoms with Crippen LogP contribution in [-0.4, -0.2) is 37.6 Å². The molecule has 0 saturated carbocycles. The summed E-state index contributed by atoms with van der Waals surface area (Å²) in [5.41, 5.74) is 2.33. The number of ether oxygens (including phenoxy) is 3. The molecule has 0 aliphatic carbocycles. The summed E-state index contributed by atoms with van der Waals surface area (Å²) in [5.74, 6) is 0. The number of rotatable bonds is 8. The molecule has 4 rings (SSSR count). The van der Waals surface area contributed by atoms with Gasteiger partial charge in [-0.3, -0.25) is 0 Å². The van der Waals surface area contributed by atoms with E-state index in [9.17, 15) is 0 Å². The molecule has 2 aliphatic rings. The molecule has 3 nitrogen and oxygen atoms in total. The molecular weight excluding hydrogens is 312 g/mol. The van der Waals surface area contributed by atoms with Crippen LogP contribution in [0, 0.1) is 0 Å². The predicted octanol–water partition coefficient (Wildman–Crippen LogP) is 3.96. The van der Waals surface area contributed by atoms with Gasteiger partial charge in [0.15, 0.2) is 0 Å². The summed E-state index contributed by atoms with van der Waals surface area (Å²) >= 11 is 0. The molecule has 2 fully saturated rings. The molecule has 3 heteroatoms. The van der Waals surface area contributed by atoms with Gasteiger partial charge in [-0.05, 0) is 11.1 Å². The second-order valence-electron chi connectivity index (χ2n) is 6.35. The van der Waals surface area contributed by atoms with Gasteiger partial charge in [0.1, 0.15) is 24.4 Å². The summed E-state index contributed by atoms with van der Waals surface area (Å²) in [7, 11) is 0. The average molecular weight is 334 g/mol. The zero-order valence-electron chi connectivity index (χ0n) is 14.0. The molecule has 2 aromatic carbocycles. The van der Waals surface area contributed by atoms with Gasteiger partial charge < -0.3 is 14.2 Å². The minimum atomic E-state index is -0.0603. The van der Waals surface area contributed by atoms with Gasteiger partial charge in [0.05, 0.1) is 13.2 Å². The third kappa shape index (κ3) is 4.89. The number of benzene rings is 2. The molecule has 4 unspecified atom stereocenters. The van der Waals surface area contributed by atoms with E-state index in [2.05, 4.69) is 48.6 Å². The van der Waals surface area contributed by atoms with Gasteiger partial charge in [0.25, 0.3) is 0 Å². The molecule has 2 saturated heterocycles. The van der Waals surface area contributed by atoms with Crippen LogP contribution >= 0.6 is 0 Å². The summed E-state index contributed by atoms with van der Waals surface area (Å²) in [4.78, 5) is 0. The Kier molecular flexibility index (Phi) is 5.07. The van der Waals surface area contributed by atoms with E-state index in [4.69, 9.17) is 14.2 Å². The smallest absolute Gasteiger partial charge is 0.111 e. The van der Waals surface area contributed by atoms with Crippen molar-refractivity contribution in [2.75, 3.05) is 13.2 Å². The first-order valence-corrected chi connectivity index (χ1v) is 8.74. The lowest BCUT2D eigenvalue weighted by Crippen LogP contribution is -2.27. The number of epoxide rings is 2. The van der Waals surface area contributed by atoms with Crippen molar-refractivity contribution in [1.82, 2.24) is 0 Å². The third-order valence-electron chi connectivity index (χ3n) is 4.32. The topological polar surface area (TPSA) is 34.3 Å². The van der Waals surface area contributed by atoms with E-state index < -0.39 is 0 Å². The molecule has 2 heterocycles. The molecule has 128 valence electrons. The summed E-state index contributed by atoms with van der Waals surface area (Å²) in [6.45, 7) is 1.51. The molecular formula is C22H22O3. The lowest BCUT2D eigenvalue weighted by molar-refractivity contribution is 0.0123. The second-order valence-corrected chi connectivity index (χ2v) is 6.35. The van der Waals surface area contributed by atoms with Crippen molar-refractivity contribution in [1.29, 1.82) is 0 Å². The van der Waals surface area contributed by atoms with Crippen LogP contribution in [0.4, 0.5) is 0 Å². The quantitative estimate of drug-likeness (QED) is 0.685. The van der Waals surface area contributed by atoms with Crippen LogP contribution in [0.5, 0.6) is 0 Å². The van der Waals surface area contributed by atoms with E-state index >= 15 is 0 Å². The second kappa shape index (κ2) is 7.79. The van der Waals surface area contributed by atoms with Crippen molar-refractivity contribution in [3.63, 3.8) is 0 Å². The fourth-order valence-corrected chi connectivity index (χ4v) is 2.73. The zero-order valence-corrected chi connectivity index (χ0v) is 14.0. The van der Waals surface area contributed by atoms with Gasteiger partial charge in [0.2, 0.25) is 0 Å². The van der Waals surface area contributed by atoms with E-state index in [-0.39, 0.29) is 24.4 Å². The Hall–Kier alpha value is -2.20. The SMILES string of the molecule is C(=C\C(OC(/C=C/c1ccccc1)C1CO1)C1CO1)/c1ccccc1. The van der Waals surface area contributed by atoms with Crippen molar-refractivity contribution in [2.45, 2.75) is 24.4 Å². The fraction of sp³-hybridized carbons (Fsp3) is 0.273. The van der Waals surface area contributed by atoms with Gasteiger partial charge in [-0.15, -0.1) is 0 Å². The Labute approximate surface area is 148 Å². The van der Waals surface area contributed by atoms with Crippen molar-refractivity contribution in [2.24, 2.45) is 0 Å². The minimum Gasteiger partial charge on any atom is -0.370 e. The van der Waals surface area contributed by atoms with Crippen LogP contribution in [0.3, 0.4) is 0 Å². The standard InChI is InChI=1S/C22H22O3/c1-3-7-17(8-4-1)11-13-19(21-15-23-21)25-20(22-16-24-22)14-12-18-9-5-2-6-10-18/h1-14,19-22H,15-16H2/b13-11+,14-12+. The Morgan fingerprint density at radius 1 is 0.720 bits per heavy atom. The van der Waals surface area contributed by atoms with Gasteiger partial charge >= 0.3 is 0 Å². The van der Waals surface area contributed by atoms with Crippen LogP contribution in [-0.2, 0) is 14.2 Å². The molecule has 0 spiro atoms. The van der Waals surface area contributed by atoms with Crippen molar-refractivity contribution >= 4 is 12.2 Å². The van der Waals surface area contributed by atoms with Crippen molar-refractivity contribution in [3.05, 3.63) is 83.9 Å².